The third-order valence-electron chi connectivity index (χ3n) is 2.50. The van der Waals surface area contributed by atoms with E-state index in [9.17, 15) is 0 Å². The van der Waals surface area contributed by atoms with Gasteiger partial charge >= 0.3 is 0 Å². The largest absolute Gasteiger partial charge is 0.493 e. The second-order valence-electron chi connectivity index (χ2n) is 4.89. The molecule has 0 aliphatic heterocycles. The fourth-order valence-corrected chi connectivity index (χ4v) is 1.57. The average Bonchev–Trinajstić information content (AvgIpc) is 2.46. The first-order valence-electron chi connectivity index (χ1n) is 6.73. The van der Waals surface area contributed by atoms with Crippen molar-refractivity contribution in [2.24, 2.45) is 16.8 Å². The molecule has 0 saturated carbocycles. The second kappa shape index (κ2) is 8.93. The van der Waals surface area contributed by atoms with Crippen molar-refractivity contribution < 1.29 is 4.74 Å². The average molecular weight is 304 g/mol. The predicted octanol–water partition coefficient (Wildman–Crippen LogP) is 2.51. The van der Waals surface area contributed by atoms with E-state index in [-0.39, 0.29) is 5.11 Å². The van der Waals surface area contributed by atoms with Crippen molar-refractivity contribution in [2.75, 3.05) is 13.2 Å². The van der Waals surface area contributed by atoms with Crippen molar-refractivity contribution in [3.05, 3.63) is 29.8 Å². The first-order chi connectivity index (χ1) is 10.0. The standard InChI is InChI=1S/C15H20N4OS/c1-12(2)11-20-14-6-4-13(5-7-14)10-18-19(15(17)21)9-3-8-16/h4-7,10,12H,3,9,11H2,1-2H3,(H2,17,21)/b18-10+. The Hall–Kier alpha value is -2.13. The molecule has 0 aliphatic carbocycles. The number of nitriles is 1. The summed E-state index contributed by atoms with van der Waals surface area (Å²) in [6.45, 7) is 5.29. The molecule has 0 saturated heterocycles. The number of hydrogen-bond acceptors (Lipinski definition) is 4. The highest BCUT2D eigenvalue weighted by Gasteiger charge is 2.03. The zero-order valence-corrected chi connectivity index (χ0v) is 13.1. The summed E-state index contributed by atoms with van der Waals surface area (Å²) in [5, 5.41) is 14.3. The van der Waals surface area contributed by atoms with Gasteiger partial charge in [-0.05, 0) is 48.0 Å². The smallest absolute Gasteiger partial charge is 0.186 e. The lowest BCUT2D eigenvalue weighted by Crippen LogP contribution is -2.31. The van der Waals surface area contributed by atoms with Gasteiger partial charge in [-0.1, -0.05) is 13.8 Å². The number of hydrogen-bond donors (Lipinski definition) is 1. The van der Waals surface area contributed by atoms with E-state index in [1.807, 2.05) is 30.3 Å². The number of ether oxygens (including phenoxy) is 1. The minimum Gasteiger partial charge on any atom is -0.493 e. The van der Waals surface area contributed by atoms with E-state index in [1.54, 1.807) is 6.21 Å². The highest BCUT2D eigenvalue weighted by Crippen LogP contribution is 2.12. The Kier molecular flexibility index (Phi) is 7.19. The zero-order valence-electron chi connectivity index (χ0n) is 12.3. The Morgan fingerprint density at radius 3 is 2.67 bits per heavy atom. The summed E-state index contributed by atoms with van der Waals surface area (Å²) in [5.41, 5.74) is 6.46. The van der Waals surface area contributed by atoms with Crippen molar-refractivity contribution in [3.8, 4) is 11.8 Å². The fraction of sp³-hybridized carbons (Fsp3) is 0.400. The Labute approximate surface area is 131 Å². The topological polar surface area (TPSA) is 74.6 Å². The molecule has 6 heteroatoms. The summed E-state index contributed by atoms with van der Waals surface area (Å²) < 4.78 is 5.61. The van der Waals surface area contributed by atoms with E-state index < -0.39 is 0 Å². The molecular weight excluding hydrogens is 284 g/mol. The van der Waals surface area contributed by atoms with E-state index >= 15 is 0 Å². The van der Waals surface area contributed by atoms with Crippen LogP contribution in [0.1, 0.15) is 25.8 Å². The Balaban J connectivity index is 2.62. The molecule has 0 aliphatic rings. The van der Waals surface area contributed by atoms with Crippen LogP contribution in [0.2, 0.25) is 0 Å². The minimum atomic E-state index is 0.151. The molecule has 0 radical (unpaired) electrons. The Bertz CT molecular complexity index is 519. The lowest BCUT2D eigenvalue weighted by molar-refractivity contribution is 0.271. The van der Waals surface area contributed by atoms with Gasteiger partial charge in [-0.15, -0.1) is 0 Å². The summed E-state index contributed by atoms with van der Waals surface area (Å²) in [5.74, 6) is 1.32. The number of nitrogens with two attached hydrogens (primary N) is 1. The summed E-state index contributed by atoms with van der Waals surface area (Å²) in [6, 6.07) is 9.63. The van der Waals surface area contributed by atoms with E-state index in [2.05, 4.69) is 18.9 Å². The van der Waals surface area contributed by atoms with E-state index in [0.717, 1.165) is 11.3 Å². The summed E-state index contributed by atoms with van der Waals surface area (Å²) in [6.07, 6.45) is 1.97. The molecule has 5 nitrogen and oxygen atoms in total. The number of benzene rings is 1. The van der Waals surface area contributed by atoms with Gasteiger partial charge < -0.3 is 10.5 Å². The minimum absolute atomic E-state index is 0.151. The quantitative estimate of drug-likeness (QED) is 0.476. The fourth-order valence-electron chi connectivity index (χ4n) is 1.43. The SMILES string of the molecule is CC(C)COc1ccc(/C=N/N(CCC#N)C(N)=S)cc1. The van der Waals surface area contributed by atoms with Crippen LogP contribution in [0.4, 0.5) is 0 Å². The maximum absolute atomic E-state index is 8.58. The summed E-state index contributed by atoms with van der Waals surface area (Å²) >= 11 is 4.89. The highest BCUT2D eigenvalue weighted by atomic mass is 32.1. The molecule has 21 heavy (non-hydrogen) atoms. The molecule has 1 aromatic rings. The van der Waals surface area contributed by atoms with Gasteiger partial charge in [0.2, 0.25) is 0 Å². The highest BCUT2D eigenvalue weighted by molar-refractivity contribution is 7.80. The molecule has 0 aromatic heterocycles. The second-order valence-corrected chi connectivity index (χ2v) is 5.31. The number of nitrogens with zero attached hydrogens (tertiary/aromatic N) is 3. The summed E-state index contributed by atoms with van der Waals surface area (Å²) in [7, 11) is 0. The van der Waals surface area contributed by atoms with Gasteiger partial charge in [-0.3, -0.25) is 0 Å². The van der Waals surface area contributed by atoms with Crippen molar-refractivity contribution in [2.45, 2.75) is 20.3 Å². The number of hydrazone groups is 1. The van der Waals surface area contributed by atoms with Crippen LogP contribution < -0.4 is 10.5 Å². The molecule has 0 unspecified atom stereocenters. The molecule has 0 fully saturated rings. The van der Waals surface area contributed by atoms with Gasteiger partial charge in [0.25, 0.3) is 0 Å². The molecule has 2 N–H and O–H groups in total. The molecule has 0 amide bonds. The maximum atomic E-state index is 8.58. The monoisotopic (exact) mass is 304 g/mol. The molecule has 112 valence electrons. The summed E-state index contributed by atoms with van der Waals surface area (Å²) in [4.78, 5) is 0. The van der Waals surface area contributed by atoms with Gasteiger partial charge in [-0.25, -0.2) is 5.01 Å². The van der Waals surface area contributed by atoms with E-state index in [1.165, 1.54) is 5.01 Å². The van der Waals surface area contributed by atoms with Crippen LogP contribution in [0.3, 0.4) is 0 Å². The van der Waals surface area contributed by atoms with E-state index in [4.69, 9.17) is 28.0 Å². The normalized spacial score (nSPS) is 10.6. The van der Waals surface area contributed by atoms with Crippen LogP contribution >= 0.6 is 12.2 Å². The van der Waals surface area contributed by atoms with Crippen LogP contribution in [0.25, 0.3) is 0 Å². The van der Waals surface area contributed by atoms with Crippen molar-refractivity contribution >= 4 is 23.5 Å². The van der Waals surface area contributed by atoms with Crippen molar-refractivity contribution in [1.29, 1.82) is 5.26 Å². The van der Waals surface area contributed by atoms with Crippen LogP contribution in [0.5, 0.6) is 5.75 Å². The van der Waals surface area contributed by atoms with Gasteiger partial charge in [0, 0.05) is 0 Å². The lowest BCUT2D eigenvalue weighted by Gasteiger charge is -2.14. The molecule has 1 rings (SSSR count). The first-order valence-corrected chi connectivity index (χ1v) is 7.14. The molecule has 1 aromatic carbocycles. The van der Waals surface area contributed by atoms with Crippen LogP contribution in [-0.4, -0.2) is 29.5 Å². The van der Waals surface area contributed by atoms with Crippen LogP contribution in [0.15, 0.2) is 29.4 Å². The van der Waals surface area contributed by atoms with Gasteiger partial charge in [0.15, 0.2) is 5.11 Å². The Morgan fingerprint density at radius 1 is 1.48 bits per heavy atom. The van der Waals surface area contributed by atoms with Crippen LogP contribution in [-0.2, 0) is 0 Å². The molecule has 0 bridgehead atoms. The lowest BCUT2D eigenvalue weighted by atomic mass is 10.2. The molecule has 0 heterocycles. The van der Waals surface area contributed by atoms with Gasteiger partial charge in [-0.2, -0.15) is 10.4 Å². The predicted molar refractivity (Wildman–Crippen MR) is 88.1 cm³/mol. The third-order valence-corrected chi connectivity index (χ3v) is 2.71. The van der Waals surface area contributed by atoms with E-state index in [0.29, 0.717) is 25.5 Å². The van der Waals surface area contributed by atoms with Crippen LogP contribution in [0, 0.1) is 17.2 Å². The zero-order chi connectivity index (χ0) is 15.7. The maximum Gasteiger partial charge on any atom is 0.186 e. The van der Waals surface area contributed by atoms with Gasteiger partial charge in [0.05, 0.1) is 31.9 Å². The molecular formula is C15H20N4OS. The number of rotatable bonds is 7. The van der Waals surface area contributed by atoms with Crippen molar-refractivity contribution in [3.63, 3.8) is 0 Å². The third kappa shape index (κ3) is 6.72. The molecule has 0 atom stereocenters. The molecule has 0 spiro atoms. The number of thiocarbonyl (C=S) groups is 1. The van der Waals surface area contributed by atoms with Gasteiger partial charge in [0.1, 0.15) is 5.75 Å². The van der Waals surface area contributed by atoms with Crippen molar-refractivity contribution in [1.82, 2.24) is 5.01 Å². The Morgan fingerprint density at radius 2 is 2.14 bits per heavy atom. The first kappa shape index (κ1) is 16.9.